The van der Waals surface area contributed by atoms with E-state index in [2.05, 4.69) is 43.4 Å². The van der Waals surface area contributed by atoms with Crippen LogP contribution in [0.15, 0.2) is 24.3 Å². The monoisotopic (exact) mass is 277 g/mol. The van der Waals surface area contributed by atoms with Gasteiger partial charge in [-0.15, -0.1) is 0 Å². The molecule has 2 unspecified atom stereocenters. The van der Waals surface area contributed by atoms with Gasteiger partial charge in [-0.2, -0.15) is 0 Å². The molecule has 0 aliphatic carbocycles. The summed E-state index contributed by atoms with van der Waals surface area (Å²) < 4.78 is 5.89. The first-order valence-electron chi connectivity index (χ1n) is 7.63. The lowest BCUT2D eigenvalue weighted by atomic mass is 9.88. The number of rotatable bonds is 6. The summed E-state index contributed by atoms with van der Waals surface area (Å²) in [5.74, 6) is 0. The van der Waals surface area contributed by atoms with E-state index in [4.69, 9.17) is 4.74 Å². The van der Waals surface area contributed by atoms with E-state index in [9.17, 15) is 5.11 Å². The van der Waals surface area contributed by atoms with Gasteiger partial charge in [0, 0.05) is 12.5 Å². The number of aliphatic hydroxyl groups is 1. The zero-order valence-corrected chi connectivity index (χ0v) is 12.9. The van der Waals surface area contributed by atoms with Crippen LogP contribution in [0.4, 0.5) is 0 Å². The number of hydrogen-bond acceptors (Lipinski definition) is 3. The average molecular weight is 277 g/mol. The largest absolute Gasteiger partial charge is 0.390 e. The van der Waals surface area contributed by atoms with Crippen LogP contribution in [0, 0.1) is 0 Å². The predicted molar refractivity (Wildman–Crippen MR) is 81.8 cm³/mol. The summed E-state index contributed by atoms with van der Waals surface area (Å²) in [6.07, 6.45) is 2.40. The average Bonchev–Trinajstić information content (AvgIpc) is 2.38. The Hall–Kier alpha value is -0.900. The summed E-state index contributed by atoms with van der Waals surface area (Å²) in [4.78, 5) is 0. The normalized spacial score (nSPS) is 21.6. The number of fused-ring (bicyclic) bond motifs is 1. The Kier molecular flexibility index (Phi) is 5.19. The Labute approximate surface area is 122 Å². The van der Waals surface area contributed by atoms with Crippen LogP contribution in [0.25, 0.3) is 0 Å². The van der Waals surface area contributed by atoms with E-state index in [0.717, 1.165) is 26.0 Å². The zero-order valence-electron chi connectivity index (χ0n) is 12.9. The molecule has 0 amide bonds. The topological polar surface area (TPSA) is 41.5 Å². The maximum atomic E-state index is 10.6. The van der Waals surface area contributed by atoms with Crippen molar-refractivity contribution in [3.8, 4) is 0 Å². The lowest BCUT2D eigenvalue weighted by molar-refractivity contribution is -0.0403. The molecule has 1 aliphatic rings. The van der Waals surface area contributed by atoms with Gasteiger partial charge in [-0.3, -0.25) is 0 Å². The highest BCUT2D eigenvalue weighted by molar-refractivity contribution is 5.31. The molecular formula is C17H27NO2. The SMILES string of the molecule is CC(C)NCCC(C)(O)CC1OCCc2ccccc21. The van der Waals surface area contributed by atoms with Crippen molar-refractivity contribution in [1.29, 1.82) is 0 Å². The third-order valence-electron chi connectivity index (χ3n) is 3.93. The lowest BCUT2D eigenvalue weighted by Crippen LogP contribution is -2.35. The number of hydrogen-bond donors (Lipinski definition) is 2. The van der Waals surface area contributed by atoms with Gasteiger partial charge in [-0.1, -0.05) is 38.1 Å². The third kappa shape index (κ3) is 4.30. The van der Waals surface area contributed by atoms with Crippen LogP contribution in [-0.2, 0) is 11.2 Å². The molecule has 0 spiro atoms. The fraction of sp³-hybridized carbons (Fsp3) is 0.647. The fourth-order valence-electron chi connectivity index (χ4n) is 2.78. The van der Waals surface area contributed by atoms with E-state index in [1.54, 1.807) is 0 Å². The molecule has 0 radical (unpaired) electrons. The van der Waals surface area contributed by atoms with E-state index >= 15 is 0 Å². The molecule has 3 heteroatoms. The van der Waals surface area contributed by atoms with E-state index in [-0.39, 0.29) is 6.10 Å². The second-order valence-electron chi connectivity index (χ2n) is 6.37. The van der Waals surface area contributed by atoms with Gasteiger partial charge < -0.3 is 15.2 Å². The first kappa shape index (κ1) is 15.5. The molecule has 0 fully saturated rings. The highest BCUT2D eigenvalue weighted by Crippen LogP contribution is 2.34. The summed E-state index contributed by atoms with van der Waals surface area (Å²) in [6, 6.07) is 8.88. The maximum absolute atomic E-state index is 10.6. The summed E-state index contributed by atoms with van der Waals surface area (Å²) in [7, 11) is 0. The standard InChI is InChI=1S/C17H27NO2/c1-13(2)18-10-9-17(3,19)12-16-15-7-5-4-6-14(15)8-11-20-16/h4-7,13,16,18-19H,8-12H2,1-3H3. The van der Waals surface area contributed by atoms with Crippen molar-refractivity contribution in [2.24, 2.45) is 0 Å². The number of ether oxygens (including phenoxy) is 1. The van der Waals surface area contributed by atoms with Gasteiger partial charge >= 0.3 is 0 Å². The van der Waals surface area contributed by atoms with Crippen molar-refractivity contribution in [2.45, 2.75) is 57.8 Å². The molecule has 20 heavy (non-hydrogen) atoms. The van der Waals surface area contributed by atoms with Gasteiger partial charge in [-0.05, 0) is 37.4 Å². The Morgan fingerprint density at radius 3 is 2.90 bits per heavy atom. The highest BCUT2D eigenvalue weighted by atomic mass is 16.5. The summed E-state index contributed by atoms with van der Waals surface area (Å²) in [5, 5.41) is 13.9. The van der Waals surface area contributed by atoms with Gasteiger partial charge in [-0.25, -0.2) is 0 Å². The van der Waals surface area contributed by atoms with E-state index in [0.29, 0.717) is 12.5 Å². The van der Waals surface area contributed by atoms with Crippen LogP contribution in [0.3, 0.4) is 0 Å². The van der Waals surface area contributed by atoms with Gasteiger partial charge in [0.05, 0.1) is 18.3 Å². The molecule has 1 aliphatic heterocycles. The minimum Gasteiger partial charge on any atom is -0.390 e. The first-order valence-corrected chi connectivity index (χ1v) is 7.63. The summed E-state index contributed by atoms with van der Waals surface area (Å²) in [6.45, 7) is 7.74. The van der Waals surface area contributed by atoms with Crippen LogP contribution in [0.2, 0.25) is 0 Å². The minimum atomic E-state index is -0.697. The fourth-order valence-corrected chi connectivity index (χ4v) is 2.78. The molecule has 1 aromatic carbocycles. The Morgan fingerprint density at radius 2 is 2.15 bits per heavy atom. The molecule has 2 atom stereocenters. The molecule has 0 saturated carbocycles. The van der Waals surface area contributed by atoms with Crippen LogP contribution >= 0.6 is 0 Å². The van der Waals surface area contributed by atoms with Gasteiger partial charge in [0.1, 0.15) is 0 Å². The lowest BCUT2D eigenvalue weighted by Gasteiger charge is -2.32. The van der Waals surface area contributed by atoms with E-state index in [1.165, 1.54) is 11.1 Å². The van der Waals surface area contributed by atoms with Gasteiger partial charge in [0.25, 0.3) is 0 Å². The molecule has 112 valence electrons. The third-order valence-corrected chi connectivity index (χ3v) is 3.93. The number of benzene rings is 1. The second kappa shape index (κ2) is 6.70. The molecule has 0 bridgehead atoms. The molecule has 0 aromatic heterocycles. The van der Waals surface area contributed by atoms with Crippen LogP contribution < -0.4 is 5.32 Å². The van der Waals surface area contributed by atoms with E-state index < -0.39 is 5.60 Å². The second-order valence-corrected chi connectivity index (χ2v) is 6.37. The smallest absolute Gasteiger partial charge is 0.0855 e. The molecule has 3 nitrogen and oxygen atoms in total. The molecule has 1 aromatic rings. The van der Waals surface area contributed by atoms with Crippen molar-refractivity contribution in [3.63, 3.8) is 0 Å². The first-order chi connectivity index (χ1) is 9.48. The summed E-state index contributed by atoms with van der Waals surface area (Å²) >= 11 is 0. The Bertz CT molecular complexity index is 429. The predicted octanol–water partition coefficient (Wildman–Crippen LogP) is 2.83. The van der Waals surface area contributed by atoms with Crippen molar-refractivity contribution in [2.75, 3.05) is 13.2 Å². The van der Waals surface area contributed by atoms with Crippen molar-refractivity contribution < 1.29 is 9.84 Å². The zero-order chi connectivity index (χ0) is 14.6. The van der Waals surface area contributed by atoms with E-state index in [1.807, 2.05) is 6.92 Å². The van der Waals surface area contributed by atoms with Gasteiger partial charge in [0.15, 0.2) is 0 Å². The molecule has 0 saturated heterocycles. The van der Waals surface area contributed by atoms with Crippen LogP contribution in [-0.4, -0.2) is 29.9 Å². The molecular weight excluding hydrogens is 250 g/mol. The quantitative estimate of drug-likeness (QED) is 0.840. The van der Waals surface area contributed by atoms with Crippen molar-refractivity contribution in [1.82, 2.24) is 5.32 Å². The Balaban J connectivity index is 1.96. The molecule has 2 rings (SSSR count). The number of nitrogens with one attached hydrogen (secondary N) is 1. The van der Waals surface area contributed by atoms with Crippen LogP contribution in [0.5, 0.6) is 0 Å². The van der Waals surface area contributed by atoms with Gasteiger partial charge in [0.2, 0.25) is 0 Å². The van der Waals surface area contributed by atoms with Crippen LogP contribution in [0.1, 0.15) is 50.8 Å². The molecule has 2 N–H and O–H groups in total. The highest BCUT2D eigenvalue weighted by Gasteiger charge is 2.29. The van der Waals surface area contributed by atoms with Crippen molar-refractivity contribution in [3.05, 3.63) is 35.4 Å². The maximum Gasteiger partial charge on any atom is 0.0855 e. The van der Waals surface area contributed by atoms with Crippen molar-refractivity contribution >= 4 is 0 Å². The minimum absolute atomic E-state index is 0.0222. The Morgan fingerprint density at radius 1 is 1.40 bits per heavy atom. The summed E-state index contributed by atoms with van der Waals surface area (Å²) in [5.41, 5.74) is 1.91. The molecule has 1 heterocycles.